The number of hydrogen-bond acceptors (Lipinski definition) is 4. The van der Waals surface area contributed by atoms with Crippen molar-refractivity contribution in [2.24, 2.45) is 0 Å². The lowest BCUT2D eigenvalue weighted by Gasteiger charge is -2.43. The van der Waals surface area contributed by atoms with Crippen LogP contribution in [0.3, 0.4) is 0 Å². The first-order chi connectivity index (χ1) is 8.99. The SMILES string of the molecule is CCNC(CC)(CO)CCCN1CCOCC1(C)C. The van der Waals surface area contributed by atoms with Crippen LogP contribution in [0.4, 0.5) is 0 Å². The van der Waals surface area contributed by atoms with E-state index in [4.69, 9.17) is 4.74 Å². The fourth-order valence-corrected chi connectivity index (χ4v) is 2.93. The molecular formula is C15H32N2O2. The molecule has 1 aliphatic heterocycles. The summed E-state index contributed by atoms with van der Waals surface area (Å²) in [5.74, 6) is 0. The number of likely N-dealkylation sites (N-methyl/N-ethyl adjacent to an activating group) is 1. The van der Waals surface area contributed by atoms with Crippen LogP contribution in [0.2, 0.25) is 0 Å². The fraction of sp³-hybridized carbons (Fsp3) is 1.00. The number of nitrogens with one attached hydrogen (secondary N) is 1. The van der Waals surface area contributed by atoms with Crippen molar-refractivity contribution >= 4 is 0 Å². The van der Waals surface area contributed by atoms with Gasteiger partial charge < -0.3 is 15.2 Å². The van der Waals surface area contributed by atoms with E-state index in [1.807, 2.05) is 0 Å². The van der Waals surface area contributed by atoms with Crippen LogP contribution in [0.15, 0.2) is 0 Å². The summed E-state index contributed by atoms with van der Waals surface area (Å²) in [6, 6.07) is 0. The minimum atomic E-state index is -0.0921. The Bertz CT molecular complexity index is 253. The molecule has 1 fully saturated rings. The molecule has 0 bridgehead atoms. The quantitative estimate of drug-likeness (QED) is 0.705. The Morgan fingerprint density at radius 3 is 2.63 bits per heavy atom. The molecule has 0 aliphatic carbocycles. The molecule has 1 heterocycles. The van der Waals surface area contributed by atoms with Gasteiger partial charge in [0.1, 0.15) is 0 Å². The number of aliphatic hydroxyl groups excluding tert-OH is 1. The zero-order chi connectivity index (χ0) is 14.4. The van der Waals surface area contributed by atoms with E-state index >= 15 is 0 Å². The van der Waals surface area contributed by atoms with Crippen LogP contribution in [0, 0.1) is 0 Å². The summed E-state index contributed by atoms with van der Waals surface area (Å²) < 4.78 is 5.55. The second-order valence-corrected chi connectivity index (χ2v) is 6.28. The highest BCUT2D eigenvalue weighted by atomic mass is 16.5. The van der Waals surface area contributed by atoms with E-state index in [9.17, 15) is 5.11 Å². The molecule has 0 amide bonds. The van der Waals surface area contributed by atoms with Gasteiger partial charge in [0.05, 0.1) is 19.8 Å². The third kappa shape index (κ3) is 4.71. The van der Waals surface area contributed by atoms with Gasteiger partial charge in [-0.1, -0.05) is 13.8 Å². The van der Waals surface area contributed by atoms with Crippen molar-refractivity contribution in [3.05, 3.63) is 0 Å². The van der Waals surface area contributed by atoms with Crippen molar-refractivity contribution in [2.45, 2.75) is 58.0 Å². The zero-order valence-corrected chi connectivity index (χ0v) is 13.2. The van der Waals surface area contributed by atoms with E-state index in [0.717, 1.165) is 52.1 Å². The van der Waals surface area contributed by atoms with Crippen molar-refractivity contribution in [3.63, 3.8) is 0 Å². The highest BCUT2D eigenvalue weighted by Gasteiger charge is 2.31. The average Bonchev–Trinajstić information content (AvgIpc) is 2.39. The molecule has 2 N–H and O–H groups in total. The van der Waals surface area contributed by atoms with Gasteiger partial charge in [0.25, 0.3) is 0 Å². The van der Waals surface area contributed by atoms with Gasteiger partial charge in [-0.2, -0.15) is 0 Å². The molecule has 0 aromatic rings. The molecule has 1 rings (SSSR count). The third-order valence-corrected chi connectivity index (χ3v) is 4.43. The fourth-order valence-electron chi connectivity index (χ4n) is 2.93. The van der Waals surface area contributed by atoms with Crippen molar-refractivity contribution in [1.82, 2.24) is 10.2 Å². The van der Waals surface area contributed by atoms with Crippen LogP contribution in [0.1, 0.15) is 47.0 Å². The van der Waals surface area contributed by atoms with Crippen LogP contribution in [0.25, 0.3) is 0 Å². The minimum absolute atomic E-state index is 0.0921. The maximum atomic E-state index is 9.65. The van der Waals surface area contributed by atoms with E-state index in [-0.39, 0.29) is 17.7 Å². The number of hydrogen-bond donors (Lipinski definition) is 2. The largest absolute Gasteiger partial charge is 0.394 e. The van der Waals surface area contributed by atoms with E-state index < -0.39 is 0 Å². The number of rotatable bonds is 8. The lowest BCUT2D eigenvalue weighted by atomic mass is 9.90. The minimum Gasteiger partial charge on any atom is -0.394 e. The first kappa shape index (κ1) is 16.9. The molecule has 19 heavy (non-hydrogen) atoms. The molecule has 0 spiro atoms. The van der Waals surface area contributed by atoms with Crippen molar-refractivity contribution in [3.8, 4) is 0 Å². The maximum absolute atomic E-state index is 9.65. The van der Waals surface area contributed by atoms with Gasteiger partial charge in [-0.3, -0.25) is 4.90 Å². The van der Waals surface area contributed by atoms with Crippen molar-refractivity contribution in [1.29, 1.82) is 0 Å². The molecule has 4 nitrogen and oxygen atoms in total. The Kier molecular flexibility index (Phi) is 6.74. The molecule has 0 saturated carbocycles. The van der Waals surface area contributed by atoms with Crippen LogP contribution in [0.5, 0.6) is 0 Å². The van der Waals surface area contributed by atoms with Crippen LogP contribution >= 0.6 is 0 Å². The van der Waals surface area contributed by atoms with E-state index in [1.165, 1.54) is 0 Å². The molecule has 0 aromatic heterocycles. The van der Waals surface area contributed by atoms with Crippen LogP contribution in [-0.2, 0) is 4.74 Å². The Balaban J connectivity index is 2.43. The van der Waals surface area contributed by atoms with E-state index in [1.54, 1.807) is 0 Å². The molecular weight excluding hydrogens is 240 g/mol. The predicted molar refractivity (Wildman–Crippen MR) is 79.5 cm³/mol. The Morgan fingerprint density at radius 1 is 1.37 bits per heavy atom. The molecule has 0 aromatic carbocycles. The lowest BCUT2D eigenvalue weighted by molar-refractivity contribution is -0.0523. The first-order valence-electron chi connectivity index (χ1n) is 7.68. The Morgan fingerprint density at radius 2 is 2.11 bits per heavy atom. The van der Waals surface area contributed by atoms with Crippen molar-refractivity contribution in [2.75, 3.05) is 39.5 Å². The maximum Gasteiger partial charge on any atom is 0.0645 e. The number of nitrogens with zero attached hydrogens (tertiary/aromatic N) is 1. The molecule has 1 atom stereocenters. The smallest absolute Gasteiger partial charge is 0.0645 e. The number of aliphatic hydroxyl groups is 1. The molecule has 4 heteroatoms. The molecule has 1 saturated heterocycles. The second-order valence-electron chi connectivity index (χ2n) is 6.28. The molecule has 1 aliphatic rings. The standard InChI is InChI=1S/C15H32N2O2/c1-5-15(12-18,16-6-2)8-7-9-17-10-11-19-13-14(17,3)4/h16,18H,5-13H2,1-4H3. The summed E-state index contributed by atoms with van der Waals surface area (Å²) in [6.45, 7) is 13.7. The molecule has 0 radical (unpaired) electrons. The Hall–Kier alpha value is -0.160. The summed E-state index contributed by atoms with van der Waals surface area (Å²) in [4.78, 5) is 2.51. The summed E-state index contributed by atoms with van der Waals surface area (Å²) >= 11 is 0. The lowest BCUT2D eigenvalue weighted by Crippen LogP contribution is -2.54. The van der Waals surface area contributed by atoms with E-state index in [2.05, 4.69) is 37.9 Å². The Labute approximate surface area is 118 Å². The summed E-state index contributed by atoms with van der Waals surface area (Å²) in [5, 5.41) is 13.1. The first-order valence-corrected chi connectivity index (χ1v) is 7.68. The highest BCUT2D eigenvalue weighted by Crippen LogP contribution is 2.22. The summed E-state index contributed by atoms with van der Waals surface area (Å²) in [5.41, 5.74) is 0.0513. The predicted octanol–water partition coefficient (Wildman–Crippen LogP) is 1.63. The molecule has 1 unspecified atom stereocenters. The highest BCUT2D eigenvalue weighted by molar-refractivity contribution is 4.88. The summed E-state index contributed by atoms with van der Waals surface area (Å²) in [6.07, 6.45) is 3.12. The van der Waals surface area contributed by atoms with Gasteiger partial charge in [0.15, 0.2) is 0 Å². The van der Waals surface area contributed by atoms with Gasteiger partial charge in [-0.15, -0.1) is 0 Å². The van der Waals surface area contributed by atoms with Gasteiger partial charge in [0.2, 0.25) is 0 Å². The normalized spacial score (nSPS) is 23.2. The van der Waals surface area contributed by atoms with Gasteiger partial charge in [0, 0.05) is 17.6 Å². The van der Waals surface area contributed by atoms with Gasteiger partial charge in [-0.05, 0) is 46.2 Å². The number of morpholine rings is 1. The zero-order valence-electron chi connectivity index (χ0n) is 13.2. The topological polar surface area (TPSA) is 44.7 Å². The monoisotopic (exact) mass is 272 g/mol. The number of ether oxygens (including phenoxy) is 1. The molecule has 114 valence electrons. The van der Waals surface area contributed by atoms with Crippen molar-refractivity contribution < 1.29 is 9.84 Å². The average molecular weight is 272 g/mol. The van der Waals surface area contributed by atoms with Crippen LogP contribution < -0.4 is 5.32 Å². The van der Waals surface area contributed by atoms with Crippen LogP contribution in [-0.4, -0.2) is 60.5 Å². The van der Waals surface area contributed by atoms with Gasteiger partial charge >= 0.3 is 0 Å². The summed E-state index contributed by atoms with van der Waals surface area (Å²) in [7, 11) is 0. The second kappa shape index (κ2) is 7.58. The third-order valence-electron chi connectivity index (χ3n) is 4.43. The van der Waals surface area contributed by atoms with E-state index in [0.29, 0.717) is 0 Å². The van der Waals surface area contributed by atoms with Gasteiger partial charge in [-0.25, -0.2) is 0 Å².